The van der Waals surface area contributed by atoms with Gasteiger partial charge in [-0.2, -0.15) is 0 Å². The number of benzene rings is 1. The van der Waals surface area contributed by atoms with Crippen molar-refractivity contribution in [2.75, 3.05) is 6.54 Å². The summed E-state index contributed by atoms with van der Waals surface area (Å²) in [5.41, 5.74) is 3.77. The molecule has 0 saturated heterocycles. The van der Waals surface area contributed by atoms with Crippen LogP contribution in [0.25, 0.3) is 11.0 Å². The summed E-state index contributed by atoms with van der Waals surface area (Å²) in [6, 6.07) is 11.0. The fourth-order valence-corrected chi connectivity index (χ4v) is 4.18. The largest absolute Gasteiger partial charge is 0.326 e. The van der Waals surface area contributed by atoms with Crippen molar-refractivity contribution in [1.82, 2.24) is 14.9 Å². The van der Waals surface area contributed by atoms with E-state index in [-0.39, 0.29) is 6.04 Å². The molecule has 3 nitrogen and oxygen atoms in total. The van der Waals surface area contributed by atoms with Crippen molar-refractivity contribution in [3.05, 3.63) is 52.0 Å². The standard InChI is InChI=1S/C17H19N3S/c1-2-10-20-14-6-4-3-5-13(14)19-17(20)16-12-8-11-21-15(12)7-9-18-16/h3-6,8,11,16,18H,2,7,9-10H2,1H3. The first-order valence-electron chi connectivity index (χ1n) is 7.63. The van der Waals surface area contributed by atoms with Gasteiger partial charge in [0, 0.05) is 18.0 Å². The van der Waals surface area contributed by atoms with Gasteiger partial charge in [0.05, 0.1) is 17.1 Å². The molecule has 0 fully saturated rings. The van der Waals surface area contributed by atoms with Crippen LogP contribution in [0.2, 0.25) is 0 Å². The molecule has 0 amide bonds. The second-order valence-electron chi connectivity index (χ2n) is 5.55. The topological polar surface area (TPSA) is 29.9 Å². The summed E-state index contributed by atoms with van der Waals surface area (Å²) >= 11 is 1.87. The maximum absolute atomic E-state index is 4.94. The first kappa shape index (κ1) is 13.0. The third-order valence-corrected chi connectivity index (χ3v) is 5.18. The van der Waals surface area contributed by atoms with Crippen LogP contribution in [0.3, 0.4) is 0 Å². The molecular weight excluding hydrogens is 278 g/mol. The Morgan fingerprint density at radius 3 is 3.14 bits per heavy atom. The molecule has 0 aliphatic carbocycles. The van der Waals surface area contributed by atoms with E-state index in [1.807, 2.05) is 11.3 Å². The summed E-state index contributed by atoms with van der Waals surface area (Å²) < 4.78 is 2.39. The van der Waals surface area contributed by atoms with Gasteiger partial charge < -0.3 is 9.88 Å². The van der Waals surface area contributed by atoms with Gasteiger partial charge in [-0.1, -0.05) is 19.1 Å². The fourth-order valence-electron chi connectivity index (χ4n) is 3.25. The van der Waals surface area contributed by atoms with Crippen molar-refractivity contribution >= 4 is 22.4 Å². The summed E-state index contributed by atoms with van der Waals surface area (Å²) in [7, 11) is 0. The molecule has 0 saturated carbocycles. The number of para-hydroxylation sites is 2. The lowest BCUT2D eigenvalue weighted by molar-refractivity contribution is 0.519. The van der Waals surface area contributed by atoms with Gasteiger partial charge in [0.2, 0.25) is 0 Å². The van der Waals surface area contributed by atoms with Crippen molar-refractivity contribution in [3.63, 3.8) is 0 Å². The van der Waals surface area contributed by atoms with Crippen LogP contribution < -0.4 is 5.32 Å². The lowest BCUT2D eigenvalue weighted by atomic mass is 10.0. The van der Waals surface area contributed by atoms with Crippen LogP contribution in [0, 0.1) is 0 Å². The van der Waals surface area contributed by atoms with Crippen molar-refractivity contribution in [1.29, 1.82) is 0 Å². The molecule has 0 radical (unpaired) electrons. The van der Waals surface area contributed by atoms with E-state index in [1.54, 1.807) is 0 Å². The zero-order valence-electron chi connectivity index (χ0n) is 12.2. The Kier molecular flexibility index (Phi) is 3.28. The van der Waals surface area contributed by atoms with E-state index in [9.17, 15) is 0 Å². The number of thiophene rings is 1. The van der Waals surface area contributed by atoms with E-state index >= 15 is 0 Å². The van der Waals surface area contributed by atoms with Crippen LogP contribution in [0.1, 0.15) is 35.7 Å². The van der Waals surface area contributed by atoms with Gasteiger partial charge in [-0.05, 0) is 42.0 Å². The highest BCUT2D eigenvalue weighted by atomic mass is 32.1. The quantitative estimate of drug-likeness (QED) is 0.798. The van der Waals surface area contributed by atoms with Crippen LogP contribution in [0.15, 0.2) is 35.7 Å². The molecule has 2 aromatic heterocycles. The van der Waals surface area contributed by atoms with Crippen LogP contribution in [-0.4, -0.2) is 16.1 Å². The monoisotopic (exact) mass is 297 g/mol. The van der Waals surface area contributed by atoms with Gasteiger partial charge in [0.25, 0.3) is 0 Å². The van der Waals surface area contributed by atoms with E-state index in [4.69, 9.17) is 4.98 Å². The highest BCUT2D eigenvalue weighted by molar-refractivity contribution is 7.10. The molecule has 1 unspecified atom stereocenters. The molecule has 3 aromatic rings. The van der Waals surface area contributed by atoms with Crippen LogP contribution in [-0.2, 0) is 13.0 Å². The molecule has 1 aliphatic rings. The van der Waals surface area contributed by atoms with Crippen molar-refractivity contribution in [2.24, 2.45) is 0 Å². The number of fused-ring (bicyclic) bond motifs is 2. The zero-order valence-corrected chi connectivity index (χ0v) is 13.0. The van der Waals surface area contributed by atoms with Crippen molar-refractivity contribution in [2.45, 2.75) is 32.4 Å². The highest BCUT2D eigenvalue weighted by Crippen LogP contribution is 2.33. The molecule has 4 heteroatoms. The van der Waals surface area contributed by atoms with Crippen LogP contribution >= 0.6 is 11.3 Å². The van der Waals surface area contributed by atoms with E-state index < -0.39 is 0 Å². The molecule has 108 valence electrons. The van der Waals surface area contributed by atoms with Crippen LogP contribution in [0.4, 0.5) is 0 Å². The molecule has 1 atom stereocenters. The van der Waals surface area contributed by atoms with Gasteiger partial charge >= 0.3 is 0 Å². The number of nitrogens with zero attached hydrogens (tertiary/aromatic N) is 2. The van der Waals surface area contributed by atoms with E-state index in [1.165, 1.54) is 16.0 Å². The number of nitrogens with one attached hydrogen (secondary N) is 1. The number of aryl methyl sites for hydroxylation is 1. The molecule has 4 rings (SSSR count). The average Bonchev–Trinajstić information content (AvgIpc) is 3.12. The molecule has 21 heavy (non-hydrogen) atoms. The minimum absolute atomic E-state index is 0.235. The Balaban J connectivity index is 1.89. The lowest BCUT2D eigenvalue weighted by Gasteiger charge is -2.24. The Hall–Kier alpha value is -1.65. The molecule has 1 aliphatic heterocycles. The molecule has 3 heterocycles. The van der Waals surface area contributed by atoms with Crippen molar-refractivity contribution < 1.29 is 0 Å². The Morgan fingerprint density at radius 2 is 2.24 bits per heavy atom. The lowest BCUT2D eigenvalue weighted by Crippen LogP contribution is -2.31. The number of hydrogen-bond acceptors (Lipinski definition) is 3. The van der Waals surface area contributed by atoms with E-state index in [2.05, 4.69) is 52.5 Å². The summed E-state index contributed by atoms with van der Waals surface area (Å²) in [5.74, 6) is 1.16. The molecule has 0 spiro atoms. The van der Waals surface area contributed by atoms with Crippen molar-refractivity contribution in [3.8, 4) is 0 Å². The minimum atomic E-state index is 0.235. The predicted molar refractivity (Wildman–Crippen MR) is 87.9 cm³/mol. The van der Waals surface area contributed by atoms with Gasteiger partial charge in [-0.25, -0.2) is 4.98 Å². The Labute approximate surface area is 128 Å². The normalized spacial score (nSPS) is 18.0. The summed E-state index contributed by atoms with van der Waals surface area (Å²) in [6.07, 6.45) is 2.26. The van der Waals surface area contributed by atoms with Crippen LogP contribution in [0.5, 0.6) is 0 Å². The van der Waals surface area contributed by atoms with E-state index in [0.29, 0.717) is 0 Å². The number of imidazole rings is 1. The minimum Gasteiger partial charge on any atom is -0.326 e. The maximum atomic E-state index is 4.94. The maximum Gasteiger partial charge on any atom is 0.131 e. The van der Waals surface area contributed by atoms with Gasteiger partial charge in [0.15, 0.2) is 0 Å². The Morgan fingerprint density at radius 1 is 1.33 bits per heavy atom. The van der Waals surface area contributed by atoms with Gasteiger partial charge in [-0.15, -0.1) is 11.3 Å². The fraction of sp³-hybridized carbons (Fsp3) is 0.353. The van der Waals surface area contributed by atoms with Gasteiger partial charge in [0.1, 0.15) is 5.82 Å². The molecule has 1 aromatic carbocycles. The summed E-state index contributed by atoms with van der Waals surface area (Å²) in [6.45, 7) is 4.28. The first-order valence-corrected chi connectivity index (χ1v) is 8.51. The van der Waals surface area contributed by atoms with E-state index in [0.717, 1.165) is 37.3 Å². The third kappa shape index (κ3) is 2.10. The summed E-state index contributed by atoms with van der Waals surface area (Å²) in [5, 5.41) is 5.87. The second kappa shape index (κ2) is 5.28. The third-order valence-electron chi connectivity index (χ3n) is 4.18. The zero-order chi connectivity index (χ0) is 14.2. The SMILES string of the molecule is CCCn1c(C2NCCc3sccc32)nc2ccccc21. The molecule has 0 bridgehead atoms. The number of rotatable bonds is 3. The smallest absolute Gasteiger partial charge is 0.131 e. The predicted octanol–water partition coefficient (Wildman–Crippen LogP) is 3.74. The van der Waals surface area contributed by atoms with Gasteiger partial charge in [-0.3, -0.25) is 0 Å². The Bertz CT molecular complexity index is 771. The highest BCUT2D eigenvalue weighted by Gasteiger charge is 2.26. The average molecular weight is 297 g/mol. The summed E-state index contributed by atoms with van der Waals surface area (Å²) in [4.78, 5) is 6.45. The second-order valence-corrected chi connectivity index (χ2v) is 6.55. The number of hydrogen-bond donors (Lipinski definition) is 1. The molecular formula is C17H19N3S. The number of aromatic nitrogens is 2. The first-order chi connectivity index (χ1) is 10.4. The molecule has 1 N–H and O–H groups in total.